The minimum atomic E-state index is -1.32. The van der Waals surface area contributed by atoms with Gasteiger partial charge in [0.15, 0.2) is 5.82 Å². The number of nitrogens with zero attached hydrogens (tertiary/aromatic N) is 8. The molecule has 0 amide bonds. The number of tetrazole rings is 1. The molecule has 2 saturated heterocycles. The van der Waals surface area contributed by atoms with Crippen molar-refractivity contribution in [3.05, 3.63) is 40.2 Å². The van der Waals surface area contributed by atoms with Crippen LogP contribution in [0.15, 0.2) is 23.1 Å². The van der Waals surface area contributed by atoms with Gasteiger partial charge in [-0.05, 0) is 69.5 Å². The number of rotatable bonds is 8. The quantitative estimate of drug-likeness (QED) is 0.427. The normalized spacial score (nSPS) is 20.9. The lowest BCUT2D eigenvalue weighted by atomic mass is 9.84. The van der Waals surface area contributed by atoms with E-state index < -0.39 is 17.7 Å². The SMILES string of the molecule is C[C@@H](F)COc1cc(F)c(Nc2ncc(C#N)c(N[C@@H]3C[C@H]4CCCN4C(C)(C)C3)n2)cc1-n1nnn(C)c1=O. The lowest BCUT2D eigenvalue weighted by molar-refractivity contribution is 0.0501. The van der Waals surface area contributed by atoms with E-state index in [0.29, 0.717) is 11.9 Å². The number of alkyl halides is 1. The Bertz CT molecular complexity index is 1500. The Kier molecular flexibility index (Phi) is 7.41. The van der Waals surface area contributed by atoms with Gasteiger partial charge in [0.25, 0.3) is 0 Å². The molecule has 2 fully saturated rings. The number of hydrogen-bond acceptors (Lipinski definition) is 10. The van der Waals surface area contributed by atoms with Crippen molar-refractivity contribution in [1.29, 1.82) is 5.26 Å². The van der Waals surface area contributed by atoms with Crippen LogP contribution in [0.25, 0.3) is 5.69 Å². The van der Waals surface area contributed by atoms with Crippen molar-refractivity contribution in [1.82, 2.24) is 34.7 Å². The molecule has 0 bridgehead atoms. The highest BCUT2D eigenvalue weighted by Gasteiger charge is 2.43. The highest BCUT2D eigenvalue weighted by Crippen LogP contribution is 2.39. The van der Waals surface area contributed by atoms with Crippen LogP contribution in [-0.4, -0.2) is 71.6 Å². The molecule has 0 unspecified atom stereocenters. The molecule has 4 heterocycles. The van der Waals surface area contributed by atoms with Crippen molar-refractivity contribution in [2.45, 2.75) is 70.2 Å². The number of piperidine rings is 1. The maximum atomic E-state index is 15.2. The summed E-state index contributed by atoms with van der Waals surface area (Å²) in [6.07, 6.45) is 4.19. The Morgan fingerprint density at radius 2 is 2.12 bits per heavy atom. The second-order valence-corrected chi connectivity index (χ2v) is 11.0. The number of nitrogens with one attached hydrogen (secondary N) is 2. The number of hydrogen-bond donors (Lipinski definition) is 2. The highest BCUT2D eigenvalue weighted by atomic mass is 19.1. The standard InChI is InChI=1S/C26H32F2N10O2/c1-15(27)14-40-22-9-19(28)20(10-21(22)38-25(39)36(4)34-35-38)32-24-30-13-16(12-29)23(33-24)31-17-8-18-6-5-7-37(18)26(2,3)11-17/h9-10,13,15,17-18H,5-8,11,14H2,1-4H3,(H2,30,31,32,33)/t15-,17-,18-/m1/s1. The van der Waals surface area contributed by atoms with Gasteiger partial charge in [-0.2, -0.15) is 19.6 Å². The number of halogens is 2. The third kappa shape index (κ3) is 5.46. The zero-order valence-corrected chi connectivity index (χ0v) is 22.9. The fourth-order valence-corrected chi connectivity index (χ4v) is 5.66. The lowest BCUT2D eigenvalue weighted by Gasteiger charge is -2.47. The van der Waals surface area contributed by atoms with E-state index in [9.17, 15) is 14.4 Å². The molecule has 14 heteroatoms. The predicted octanol–water partition coefficient (Wildman–Crippen LogP) is 3.06. The van der Waals surface area contributed by atoms with Crippen LogP contribution >= 0.6 is 0 Å². The Hall–Kier alpha value is -4.12. The topological polar surface area (TPSA) is 139 Å². The van der Waals surface area contributed by atoms with E-state index in [1.165, 1.54) is 32.7 Å². The Morgan fingerprint density at radius 3 is 2.83 bits per heavy atom. The molecule has 40 heavy (non-hydrogen) atoms. The van der Waals surface area contributed by atoms with Crippen LogP contribution in [-0.2, 0) is 7.05 Å². The number of anilines is 3. The minimum Gasteiger partial charge on any atom is -0.488 e. The van der Waals surface area contributed by atoms with Crippen molar-refractivity contribution in [3.63, 3.8) is 0 Å². The van der Waals surface area contributed by atoms with E-state index in [1.54, 1.807) is 0 Å². The largest absolute Gasteiger partial charge is 0.488 e. The summed E-state index contributed by atoms with van der Waals surface area (Å²) in [6, 6.07) is 5.02. The molecular weight excluding hydrogens is 522 g/mol. The lowest BCUT2D eigenvalue weighted by Crippen LogP contribution is -2.55. The van der Waals surface area contributed by atoms with Crippen LogP contribution in [0.1, 0.15) is 52.0 Å². The summed E-state index contributed by atoms with van der Waals surface area (Å²) in [5, 5.41) is 23.4. The molecule has 2 N–H and O–H groups in total. The van der Waals surface area contributed by atoms with Crippen molar-refractivity contribution >= 4 is 17.5 Å². The summed E-state index contributed by atoms with van der Waals surface area (Å²) < 4.78 is 36.0. The van der Waals surface area contributed by atoms with E-state index >= 15 is 4.39 Å². The van der Waals surface area contributed by atoms with Crippen molar-refractivity contribution < 1.29 is 13.5 Å². The van der Waals surface area contributed by atoms with Crippen LogP contribution in [0.3, 0.4) is 0 Å². The van der Waals surface area contributed by atoms with Crippen LogP contribution in [0, 0.1) is 17.1 Å². The van der Waals surface area contributed by atoms with Crippen LogP contribution in [0.4, 0.5) is 26.2 Å². The molecule has 12 nitrogen and oxygen atoms in total. The molecular formula is C26H32F2N10O2. The van der Waals surface area contributed by atoms with Crippen LogP contribution in [0.2, 0.25) is 0 Å². The number of fused-ring (bicyclic) bond motifs is 1. The number of aromatic nitrogens is 6. The smallest absolute Gasteiger partial charge is 0.368 e. The summed E-state index contributed by atoms with van der Waals surface area (Å²) >= 11 is 0. The second kappa shape index (κ2) is 10.8. The molecule has 3 aromatic rings. The van der Waals surface area contributed by atoms with Crippen molar-refractivity contribution in [2.24, 2.45) is 7.05 Å². The Morgan fingerprint density at radius 1 is 1.32 bits per heavy atom. The molecule has 1 aromatic carbocycles. The van der Waals surface area contributed by atoms with Crippen LogP contribution in [0.5, 0.6) is 5.75 Å². The monoisotopic (exact) mass is 554 g/mol. The fraction of sp³-hybridized carbons (Fsp3) is 0.538. The van der Waals surface area contributed by atoms with Gasteiger partial charge in [0.05, 0.1) is 11.9 Å². The van der Waals surface area contributed by atoms with Gasteiger partial charge in [0, 0.05) is 30.7 Å². The molecule has 0 aliphatic carbocycles. The zero-order chi connectivity index (χ0) is 28.6. The van der Waals surface area contributed by atoms with Crippen molar-refractivity contribution in [3.8, 4) is 17.5 Å². The van der Waals surface area contributed by atoms with Gasteiger partial charge in [-0.3, -0.25) is 4.90 Å². The third-order valence-electron chi connectivity index (χ3n) is 7.42. The summed E-state index contributed by atoms with van der Waals surface area (Å²) in [5.41, 5.74) is -0.342. The second-order valence-electron chi connectivity index (χ2n) is 11.0. The van der Waals surface area contributed by atoms with Gasteiger partial charge in [0.2, 0.25) is 5.95 Å². The first-order valence-electron chi connectivity index (χ1n) is 13.2. The minimum absolute atomic E-state index is 0.0136. The molecule has 2 aliphatic rings. The zero-order valence-electron chi connectivity index (χ0n) is 22.9. The first-order valence-corrected chi connectivity index (χ1v) is 13.2. The van der Waals surface area contributed by atoms with E-state index in [-0.39, 0.29) is 46.8 Å². The molecule has 2 aliphatic heterocycles. The van der Waals surface area contributed by atoms with E-state index in [2.05, 4.69) is 55.8 Å². The molecule has 212 valence electrons. The molecule has 5 rings (SSSR count). The van der Waals surface area contributed by atoms with E-state index in [4.69, 9.17) is 4.74 Å². The predicted molar refractivity (Wildman–Crippen MR) is 143 cm³/mol. The average Bonchev–Trinajstić information content (AvgIpc) is 3.51. The first-order chi connectivity index (χ1) is 19.1. The van der Waals surface area contributed by atoms with E-state index in [1.807, 2.05) is 0 Å². The number of benzene rings is 1. The number of ether oxygens (including phenoxy) is 1. The summed E-state index contributed by atoms with van der Waals surface area (Å²) in [5.74, 6) is -0.435. The Balaban J connectivity index is 1.44. The van der Waals surface area contributed by atoms with Crippen LogP contribution < -0.4 is 21.1 Å². The number of aryl methyl sites for hydroxylation is 1. The molecule has 2 aromatic heterocycles. The van der Waals surface area contributed by atoms with Gasteiger partial charge in [-0.25, -0.2) is 18.6 Å². The maximum absolute atomic E-state index is 15.2. The van der Waals surface area contributed by atoms with E-state index in [0.717, 1.165) is 41.2 Å². The number of nitriles is 1. The maximum Gasteiger partial charge on any atom is 0.368 e. The van der Waals surface area contributed by atoms with Gasteiger partial charge in [-0.1, -0.05) is 0 Å². The molecule has 0 radical (unpaired) electrons. The molecule has 0 spiro atoms. The first kappa shape index (κ1) is 27.4. The average molecular weight is 555 g/mol. The van der Waals surface area contributed by atoms with Gasteiger partial charge in [0.1, 0.15) is 41.7 Å². The summed E-state index contributed by atoms with van der Waals surface area (Å²) in [6.45, 7) is 6.52. The molecule has 0 saturated carbocycles. The third-order valence-corrected chi connectivity index (χ3v) is 7.42. The van der Waals surface area contributed by atoms with Gasteiger partial charge < -0.3 is 15.4 Å². The Labute approximate surface area is 229 Å². The molecule has 3 atom stereocenters. The summed E-state index contributed by atoms with van der Waals surface area (Å²) in [7, 11) is 1.41. The fourth-order valence-electron chi connectivity index (χ4n) is 5.66. The van der Waals surface area contributed by atoms with Gasteiger partial charge >= 0.3 is 5.69 Å². The van der Waals surface area contributed by atoms with Crippen molar-refractivity contribution in [2.75, 3.05) is 23.8 Å². The summed E-state index contributed by atoms with van der Waals surface area (Å²) in [4.78, 5) is 23.8. The van der Waals surface area contributed by atoms with Gasteiger partial charge in [-0.15, -0.1) is 0 Å². The highest BCUT2D eigenvalue weighted by molar-refractivity contribution is 5.64.